The van der Waals surface area contributed by atoms with Gasteiger partial charge in [0.2, 0.25) is 0 Å². The summed E-state index contributed by atoms with van der Waals surface area (Å²) < 4.78 is 11.2. The fourth-order valence-electron chi connectivity index (χ4n) is 2.98. The Kier molecular flexibility index (Phi) is 5.30. The highest BCUT2D eigenvalue weighted by atomic mass is 16.5. The minimum absolute atomic E-state index is 0.142. The van der Waals surface area contributed by atoms with Crippen LogP contribution in [0.15, 0.2) is 18.2 Å². The molecule has 0 spiro atoms. The largest absolute Gasteiger partial charge is 0.493 e. The molecule has 1 aliphatic carbocycles. The quantitative estimate of drug-likeness (QED) is 0.772. The Labute approximate surface area is 121 Å². The van der Waals surface area contributed by atoms with Gasteiger partial charge in [0, 0.05) is 0 Å². The van der Waals surface area contributed by atoms with E-state index in [4.69, 9.17) is 9.47 Å². The third-order valence-corrected chi connectivity index (χ3v) is 4.35. The summed E-state index contributed by atoms with van der Waals surface area (Å²) in [6, 6.07) is 6.19. The lowest BCUT2D eigenvalue weighted by atomic mass is 9.66. The van der Waals surface area contributed by atoms with E-state index in [9.17, 15) is 5.11 Å². The number of hydrogen-bond donors (Lipinski definition) is 1. The van der Waals surface area contributed by atoms with Gasteiger partial charge in [0.15, 0.2) is 11.5 Å². The Morgan fingerprint density at radius 2 is 2.05 bits per heavy atom. The molecule has 1 N–H and O–H groups in total. The lowest BCUT2D eigenvalue weighted by Crippen LogP contribution is -2.39. The molecule has 0 bridgehead atoms. The van der Waals surface area contributed by atoms with Crippen LogP contribution in [0.25, 0.3) is 0 Å². The molecule has 3 atom stereocenters. The molecule has 1 saturated carbocycles. The lowest BCUT2D eigenvalue weighted by molar-refractivity contribution is -0.000802. The van der Waals surface area contributed by atoms with Crippen molar-refractivity contribution < 1.29 is 14.6 Å². The maximum atomic E-state index is 9.81. The summed E-state index contributed by atoms with van der Waals surface area (Å²) in [4.78, 5) is 0. The molecule has 2 rings (SSSR count). The summed E-state index contributed by atoms with van der Waals surface area (Å²) in [5.74, 6) is 2.45. The van der Waals surface area contributed by atoms with Crippen LogP contribution in [0, 0.1) is 5.92 Å². The summed E-state index contributed by atoms with van der Waals surface area (Å²) in [5.41, 5.74) is 1.25. The smallest absolute Gasteiger partial charge is 0.161 e. The van der Waals surface area contributed by atoms with Gasteiger partial charge in [0.25, 0.3) is 0 Å². The SMILES string of the molecule is CCCCOc1ccc(C2CC(O)C2CC)cc1OC. The van der Waals surface area contributed by atoms with Gasteiger partial charge in [-0.3, -0.25) is 0 Å². The average molecular weight is 278 g/mol. The van der Waals surface area contributed by atoms with E-state index in [1.165, 1.54) is 5.56 Å². The highest BCUT2D eigenvalue weighted by Crippen LogP contribution is 2.46. The van der Waals surface area contributed by atoms with Gasteiger partial charge >= 0.3 is 0 Å². The minimum Gasteiger partial charge on any atom is -0.493 e. The Morgan fingerprint density at radius 1 is 1.25 bits per heavy atom. The molecule has 3 unspecified atom stereocenters. The predicted octanol–water partition coefficient (Wildman–Crippen LogP) is 3.75. The van der Waals surface area contributed by atoms with E-state index in [1.807, 2.05) is 6.07 Å². The van der Waals surface area contributed by atoms with Gasteiger partial charge in [0.1, 0.15) is 0 Å². The number of aliphatic hydroxyl groups is 1. The Hall–Kier alpha value is -1.22. The molecule has 0 heterocycles. The van der Waals surface area contributed by atoms with Crippen LogP contribution in [-0.2, 0) is 0 Å². The van der Waals surface area contributed by atoms with Crippen LogP contribution >= 0.6 is 0 Å². The fourth-order valence-corrected chi connectivity index (χ4v) is 2.98. The van der Waals surface area contributed by atoms with Crippen molar-refractivity contribution in [2.75, 3.05) is 13.7 Å². The molecule has 3 heteroatoms. The minimum atomic E-state index is -0.142. The fraction of sp³-hybridized carbons (Fsp3) is 0.647. The van der Waals surface area contributed by atoms with Crippen molar-refractivity contribution in [3.8, 4) is 11.5 Å². The van der Waals surface area contributed by atoms with Crippen molar-refractivity contribution in [1.82, 2.24) is 0 Å². The molecule has 1 fully saturated rings. The van der Waals surface area contributed by atoms with Crippen LogP contribution in [0.2, 0.25) is 0 Å². The summed E-state index contributed by atoms with van der Waals surface area (Å²) >= 11 is 0. The molecule has 0 amide bonds. The third-order valence-electron chi connectivity index (χ3n) is 4.35. The highest BCUT2D eigenvalue weighted by molar-refractivity contribution is 5.44. The molecule has 112 valence electrons. The molecule has 0 radical (unpaired) electrons. The van der Waals surface area contributed by atoms with Crippen molar-refractivity contribution in [1.29, 1.82) is 0 Å². The zero-order chi connectivity index (χ0) is 14.5. The van der Waals surface area contributed by atoms with Crippen LogP contribution in [0.3, 0.4) is 0 Å². The maximum Gasteiger partial charge on any atom is 0.161 e. The molecule has 20 heavy (non-hydrogen) atoms. The van der Waals surface area contributed by atoms with Crippen molar-refractivity contribution in [2.45, 2.75) is 51.6 Å². The number of benzene rings is 1. The normalized spacial score (nSPS) is 25.1. The number of hydrogen-bond acceptors (Lipinski definition) is 3. The van der Waals surface area contributed by atoms with Gasteiger partial charge in [-0.05, 0) is 42.4 Å². The molecule has 3 nitrogen and oxygen atoms in total. The van der Waals surface area contributed by atoms with Crippen LogP contribution in [0.4, 0.5) is 0 Å². The van der Waals surface area contributed by atoms with Crippen molar-refractivity contribution in [3.63, 3.8) is 0 Å². The monoisotopic (exact) mass is 278 g/mol. The predicted molar refractivity (Wildman–Crippen MR) is 80.5 cm³/mol. The van der Waals surface area contributed by atoms with E-state index >= 15 is 0 Å². The summed E-state index contributed by atoms with van der Waals surface area (Å²) in [7, 11) is 1.68. The van der Waals surface area contributed by atoms with Crippen LogP contribution < -0.4 is 9.47 Å². The Bertz CT molecular complexity index is 430. The van der Waals surface area contributed by atoms with Crippen molar-refractivity contribution >= 4 is 0 Å². The zero-order valence-corrected chi connectivity index (χ0v) is 12.8. The molecule has 1 aliphatic rings. The molecular weight excluding hydrogens is 252 g/mol. The van der Waals surface area contributed by atoms with Gasteiger partial charge in [-0.1, -0.05) is 32.8 Å². The third kappa shape index (κ3) is 3.09. The average Bonchev–Trinajstić information content (AvgIpc) is 2.45. The second-order valence-corrected chi connectivity index (χ2v) is 5.59. The van der Waals surface area contributed by atoms with Crippen LogP contribution in [0.5, 0.6) is 11.5 Å². The first-order valence-electron chi connectivity index (χ1n) is 7.70. The summed E-state index contributed by atoms with van der Waals surface area (Å²) in [6.07, 6.45) is 3.91. The highest BCUT2D eigenvalue weighted by Gasteiger charge is 2.39. The molecule has 1 aromatic carbocycles. The second-order valence-electron chi connectivity index (χ2n) is 5.59. The van der Waals surface area contributed by atoms with Gasteiger partial charge < -0.3 is 14.6 Å². The lowest BCUT2D eigenvalue weighted by Gasteiger charge is -2.41. The van der Waals surface area contributed by atoms with E-state index in [-0.39, 0.29) is 6.10 Å². The van der Waals surface area contributed by atoms with Crippen LogP contribution in [-0.4, -0.2) is 24.9 Å². The van der Waals surface area contributed by atoms with Gasteiger partial charge in [-0.15, -0.1) is 0 Å². The maximum absolute atomic E-state index is 9.81. The first-order valence-corrected chi connectivity index (χ1v) is 7.70. The number of aliphatic hydroxyl groups excluding tert-OH is 1. The Morgan fingerprint density at radius 3 is 2.65 bits per heavy atom. The topological polar surface area (TPSA) is 38.7 Å². The number of unbranched alkanes of at least 4 members (excludes halogenated alkanes) is 1. The van der Waals surface area contributed by atoms with E-state index in [0.717, 1.165) is 43.8 Å². The van der Waals surface area contributed by atoms with Crippen molar-refractivity contribution in [3.05, 3.63) is 23.8 Å². The van der Waals surface area contributed by atoms with E-state index in [1.54, 1.807) is 7.11 Å². The van der Waals surface area contributed by atoms with Crippen molar-refractivity contribution in [2.24, 2.45) is 5.92 Å². The van der Waals surface area contributed by atoms with Gasteiger partial charge in [-0.2, -0.15) is 0 Å². The van der Waals surface area contributed by atoms with Crippen LogP contribution in [0.1, 0.15) is 51.0 Å². The number of methoxy groups -OCH3 is 1. The zero-order valence-electron chi connectivity index (χ0n) is 12.8. The number of rotatable bonds is 7. The van der Waals surface area contributed by atoms with E-state index < -0.39 is 0 Å². The molecule has 0 aliphatic heterocycles. The molecule has 0 saturated heterocycles. The summed E-state index contributed by atoms with van der Waals surface area (Å²) in [5, 5.41) is 9.81. The molecule has 0 aromatic heterocycles. The first-order chi connectivity index (χ1) is 9.71. The first kappa shape index (κ1) is 15.2. The van der Waals surface area contributed by atoms with E-state index in [2.05, 4.69) is 26.0 Å². The standard InChI is InChI=1S/C17H26O3/c1-4-6-9-20-16-8-7-12(10-17(16)19-3)14-11-15(18)13(14)5-2/h7-8,10,13-15,18H,4-6,9,11H2,1-3H3. The van der Waals surface area contributed by atoms with Gasteiger partial charge in [-0.25, -0.2) is 0 Å². The number of ether oxygens (including phenoxy) is 2. The second kappa shape index (κ2) is 6.98. The molecule has 1 aromatic rings. The van der Waals surface area contributed by atoms with Gasteiger partial charge in [0.05, 0.1) is 19.8 Å². The Balaban J connectivity index is 2.09. The van der Waals surface area contributed by atoms with E-state index in [0.29, 0.717) is 11.8 Å². The molecular formula is C17H26O3. The summed E-state index contributed by atoms with van der Waals surface area (Å²) in [6.45, 7) is 5.02.